The first-order valence-electron chi connectivity index (χ1n) is 10.3. The molecular weight excluding hydrogens is 424 g/mol. The van der Waals surface area contributed by atoms with Crippen molar-refractivity contribution in [3.63, 3.8) is 0 Å². The summed E-state index contributed by atoms with van der Waals surface area (Å²) in [5.41, 5.74) is -0.500. The van der Waals surface area contributed by atoms with E-state index >= 15 is 0 Å². The SMILES string of the molecule is CCC(C)NC(=O)Cn1cnc2sc(C)c(S(=O)(=O)N3CC(C)CC(C)C3)c2c1=O. The van der Waals surface area contributed by atoms with E-state index in [2.05, 4.69) is 10.3 Å². The molecule has 0 bridgehead atoms. The molecule has 0 spiro atoms. The van der Waals surface area contributed by atoms with E-state index in [0.717, 1.165) is 12.8 Å². The highest BCUT2D eigenvalue weighted by Gasteiger charge is 2.35. The van der Waals surface area contributed by atoms with Crippen molar-refractivity contribution in [3.05, 3.63) is 21.6 Å². The summed E-state index contributed by atoms with van der Waals surface area (Å²) in [4.78, 5) is 30.7. The molecule has 3 unspecified atom stereocenters. The first-order valence-corrected chi connectivity index (χ1v) is 12.6. The minimum atomic E-state index is -3.84. The van der Waals surface area contributed by atoms with Crippen molar-refractivity contribution >= 4 is 37.5 Å². The highest BCUT2D eigenvalue weighted by molar-refractivity contribution is 7.89. The zero-order chi connectivity index (χ0) is 22.2. The molecule has 3 rings (SSSR count). The first-order chi connectivity index (χ1) is 14.0. The molecule has 1 N–H and O–H groups in total. The van der Waals surface area contributed by atoms with Crippen LogP contribution in [0.15, 0.2) is 16.0 Å². The Hall–Kier alpha value is -1.78. The van der Waals surface area contributed by atoms with E-state index in [0.29, 0.717) is 22.8 Å². The maximum Gasteiger partial charge on any atom is 0.263 e. The lowest BCUT2D eigenvalue weighted by Crippen LogP contribution is -2.43. The van der Waals surface area contributed by atoms with Gasteiger partial charge in [-0.2, -0.15) is 4.31 Å². The molecule has 8 nitrogen and oxygen atoms in total. The monoisotopic (exact) mass is 454 g/mol. The quantitative estimate of drug-likeness (QED) is 0.722. The summed E-state index contributed by atoms with van der Waals surface area (Å²) in [7, 11) is -3.84. The van der Waals surface area contributed by atoms with E-state index in [4.69, 9.17) is 0 Å². The number of hydrogen-bond acceptors (Lipinski definition) is 6. The highest BCUT2D eigenvalue weighted by Crippen LogP contribution is 2.35. The largest absolute Gasteiger partial charge is 0.352 e. The number of hydrogen-bond donors (Lipinski definition) is 1. The molecule has 0 saturated carbocycles. The molecule has 1 saturated heterocycles. The van der Waals surface area contributed by atoms with Gasteiger partial charge in [0.2, 0.25) is 15.9 Å². The number of piperidine rings is 1. The molecule has 0 aliphatic carbocycles. The third-order valence-corrected chi connectivity index (χ3v) is 8.71. The van der Waals surface area contributed by atoms with E-state index in [1.807, 2.05) is 27.7 Å². The number of thiophene rings is 1. The van der Waals surface area contributed by atoms with Crippen LogP contribution >= 0.6 is 11.3 Å². The van der Waals surface area contributed by atoms with Crippen molar-refractivity contribution in [1.29, 1.82) is 0 Å². The van der Waals surface area contributed by atoms with Gasteiger partial charge < -0.3 is 5.32 Å². The summed E-state index contributed by atoms with van der Waals surface area (Å²) in [5, 5.41) is 2.90. The Kier molecular flexibility index (Phi) is 6.69. The number of fused-ring (bicyclic) bond motifs is 1. The Morgan fingerprint density at radius 3 is 2.57 bits per heavy atom. The molecule has 0 aromatic carbocycles. The predicted molar refractivity (Wildman–Crippen MR) is 118 cm³/mol. The molecule has 2 aromatic heterocycles. The lowest BCUT2D eigenvalue weighted by molar-refractivity contribution is -0.122. The van der Waals surface area contributed by atoms with Crippen LogP contribution in [0, 0.1) is 18.8 Å². The van der Waals surface area contributed by atoms with Crippen LogP contribution in [0.3, 0.4) is 0 Å². The summed E-state index contributed by atoms with van der Waals surface area (Å²) in [6.07, 6.45) is 3.07. The zero-order valence-corrected chi connectivity index (χ0v) is 19.8. The van der Waals surface area contributed by atoms with Crippen LogP contribution < -0.4 is 10.9 Å². The second-order valence-electron chi connectivity index (χ2n) is 8.49. The number of aryl methyl sites for hydroxylation is 1. The van der Waals surface area contributed by atoms with Gasteiger partial charge in [0.15, 0.2) is 0 Å². The fourth-order valence-corrected chi connectivity index (χ4v) is 7.39. The van der Waals surface area contributed by atoms with E-state index < -0.39 is 15.6 Å². The number of aromatic nitrogens is 2. The van der Waals surface area contributed by atoms with Gasteiger partial charge in [0.25, 0.3) is 5.56 Å². The predicted octanol–water partition coefficient (Wildman–Crippen LogP) is 2.35. The molecule has 30 heavy (non-hydrogen) atoms. The molecule has 3 heterocycles. The number of carbonyl (C=O) groups is 1. The van der Waals surface area contributed by atoms with Crippen molar-refractivity contribution in [3.8, 4) is 0 Å². The molecule has 3 atom stereocenters. The lowest BCUT2D eigenvalue weighted by atomic mass is 9.94. The molecule has 1 amide bonds. The minimum Gasteiger partial charge on any atom is -0.352 e. The van der Waals surface area contributed by atoms with Crippen LogP contribution in [0.4, 0.5) is 0 Å². The summed E-state index contributed by atoms with van der Waals surface area (Å²) >= 11 is 1.20. The summed E-state index contributed by atoms with van der Waals surface area (Å²) in [6, 6.07) is -0.00713. The summed E-state index contributed by atoms with van der Waals surface area (Å²) in [5.74, 6) is 0.211. The van der Waals surface area contributed by atoms with Gasteiger partial charge in [0.1, 0.15) is 16.3 Å². The van der Waals surface area contributed by atoms with Crippen molar-refractivity contribution in [2.24, 2.45) is 11.8 Å². The third-order valence-electron chi connectivity index (χ3n) is 5.57. The Balaban J connectivity index is 2.04. The van der Waals surface area contributed by atoms with E-state index in [1.165, 1.54) is 26.5 Å². The molecule has 2 aromatic rings. The number of nitrogens with zero attached hydrogens (tertiary/aromatic N) is 3. The lowest BCUT2D eigenvalue weighted by Gasteiger charge is -2.34. The fourth-order valence-electron chi connectivity index (χ4n) is 4.04. The van der Waals surface area contributed by atoms with Crippen LogP contribution in [-0.2, 0) is 21.4 Å². The Labute approximate surface area is 181 Å². The topological polar surface area (TPSA) is 101 Å². The van der Waals surface area contributed by atoms with Crippen LogP contribution in [0.5, 0.6) is 0 Å². The van der Waals surface area contributed by atoms with E-state index in [1.54, 1.807) is 6.92 Å². The maximum atomic E-state index is 13.5. The first kappa shape index (κ1) is 22.9. The number of rotatable bonds is 6. The second-order valence-corrected chi connectivity index (χ2v) is 11.6. The number of carbonyl (C=O) groups excluding carboxylic acids is 1. The summed E-state index contributed by atoms with van der Waals surface area (Å²) in [6.45, 7) is 10.3. The third kappa shape index (κ3) is 4.45. The van der Waals surface area contributed by atoms with Crippen LogP contribution in [0.25, 0.3) is 10.2 Å². The van der Waals surface area contributed by atoms with Crippen LogP contribution in [-0.4, -0.2) is 47.3 Å². The maximum absolute atomic E-state index is 13.5. The Bertz CT molecular complexity index is 1100. The molecule has 1 aliphatic heterocycles. The van der Waals surface area contributed by atoms with Crippen molar-refractivity contribution in [2.45, 2.75) is 64.9 Å². The van der Waals surface area contributed by atoms with Crippen molar-refractivity contribution < 1.29 is 13.2 Å². The molecule has 0 radical (unpaired) electrons. The average Bonchev–Trinajstić information content (AvgIpc) is 3.00. The molecule has 10 heteroatoms. The van der Waals surface area contributed by atoms with Gasteiger partial charge in [-0.3, -0.25) is 14.2 Å². The van der Waals surface area contributed by atoms with Crippen molar-refractivity contribution in [1.82, 2.24) is 19.2 Å². The smallest absolute Gasteiger partial charge is 0.263 e. The number of amides is 1. The van der Waals surface area contributed by atoms with E-state index in [-0.39, 0.29) is 40.6 Å². The van der Waals surface area contributed by atoms with Gasteiger partial charge in [0.05, 0.1) is 11.7 Å². The number of sulfonamides is 1. The average molecular weight is 455 g/mol. The Morgan fingerprint density at radius 1 is 1.33 bits per heavy atom. The fraction of sp³-hybridized carbons (Fsp3) is 0.650. The molecular formula is C20H30N4O4S2. The second kappa shape index (κ2) is 8.76. The molecule has 166 valence electrons. The molecule has 1 aliphatic rings. The zero-order valence-electron chi connectivity index (χ0n) is 18.1. The van der Waals surface area contributed by atoms with Crippen LogP contribution in [0.2, 0.25) is 0 Å². The normalized spacial score (nSPS) is 21.6. The van der Waals surface area contributed by atoms with Gasteiger partial charge in [-0.05, 0) is 38.5 Å². The highest BCUT2D eigenvalue weighted by atomic mass is 32.2. The van der Waals surface area contributed by atoms with Gasteiger partial charge >= 0.3 is 0 Å². The van der Waals surface area contributed by atoms with Gasteiger partial charge in [-0.25, -0.2) is 13.4 Å². The minimum absolute atomic E-state index is 0.00713. The standard InChI is InChI=1S/C20H30N4O4S2/c1-6-14(4)22-16(25)10-23-11-21-19-17(20(23)26)18(15(5)29-19)30(27,28)24-8-12(2)7-13(3)9-24/h11-14H,6-10H2,1-5H3,(H,22,25). The van der Waals surface area contributed by atoms with Gasteiger partial charge in [-0.15, -0.1) is 11.3 Å². The van der Waals surface area contributed by atoms with E-state index in [9.17, 15) is 18.0 Å². The molecule has 1 fully saturated rings. The number of nitrogens with one attached hydrogen (secondary N) is 1. The Morgan fingerprint density at radius 2 is 1.97 bits per heavy atom. The van der Waals surface area contributed by atoms with Crippen molar-refractivity contribution in [2.75, 3.05) is 13.1 Å². The van der Waals surface area contributed by atoms with Crippen LogP contribution in [0.1, 0.15) is 45.4 Å². The van der Waals surface area contributed by atoms with Gasteiger partial charge in [0, 0.05) is 24.0 Å². The van der Waals surface area contributed by atoms with Gasteiger partial charge in [-0.1, -0.05) is 20.8 Å². The summed E-state index contributed by atoms with van der Waals surface area (Å²) < 4.78 is 29.7.